The third-order valence-corrected chi connectivity index (χ3v) is 7.90. The van der Waals surface area contributed by atoms with E-state index < -0.39 is 8.60 Å². The van der Waals surface area contributed by atoms with Gasteiger partial charge in [0, 0.05) is 5.88 Å². The lowest BCUT2D eigenvalue weighted by Gasteiger charge is -2.20. The quantitative estimate of drug-likeness (QED) is 0.0784. The molecule has 5 heteroatoms. The summed E-state index contributed by atoms with van der Waals surface area (Å²) in [5.41, 5.74) is 2.44. The summed E-state index contributed by atoms with van der Waals surface area (Å²) in [5.74, 6) is 2.13. The molecule has 0 heterocycles. The van der Waals surface area contributed by atoms with Crippen LogP contribution in [0.2, 0.25) is 0 Å². The minimum Gasteiger partial charge on any atom is -0.417 e. The van der Waals surface area contributed by atoms with Crippen LogP contribution >= 0.6 is 20.2 Å². The van der Waals surface area contributed by atoms with Crippen LogP contribution in [-0.2, 0) is 17.4 Å². The molecule has 3 nitrogen and oxygen atoms in total. The monoisotopic (exact) mass is 548 g/mol. The fraction of sp³-hybridized carbons (Fsp3) is 0.625. The zero-order valence-corrected chi connectivity index (χ0v) is 25.0. The Labute approximate surface area is 233 Å². The van der Waals surface area contributed by atoms with Crippen LogP contribution in [0.5, 0.6) is 11.5 Å². The van der Waals surface area contributed by atoms with Crippen molar-refractivity contribution in [1.82, 2.24) is 0 Å². The van der Waals surface area contributed by atoms with Gasteiger partial charge in [0.1, 0.15) is 11.5 Å². The molecule has 2 aromatic rings. The second-order valence-electron chi connectivity index (χ2n) is 9.89. The summed E-state index contributed by atoms with van der Waals surface area (Å²) in [4.78, 5) is 0. The molecule has 0 aliphatic heterocycles. The van der Waals surface area contributed by atoms with Gasteiger partial charge in [-0.1, -0.05) is 127 Å². The van der Waals surface area contributed by atoms with Crippen LogP contribution in [0.1, 0.15) is 115 Å². The molecule has 0 bridgehead atoms. The first-order chi connectivity index (χ1) is 18.3. The number of benzene rings is 2. The minimum absolute atomic E-state index is 0.396. The minimum atomic E-state index is -1.59. The molecule has 0 unspecified atom stereocenters. The van der Waals surface area contributed by atoms with Gasteiger partial charge in [0.05, 0.1) is 6.61 Å². The third kappa shape index (κ3) is 14.4. The number of hydrogen-bond acceptors (Lipinski definition) is 3. The number of halogens is 1. The highest BCUT2D eigenvalue weighted by Crippen LogP contribution is 2.44. The molecule has 0 saturated heterocycles. The molecule has 0 aliphatic carbocycles. The maximum Gasteiger partial charge on any atom is 0.463 e. The highest BCUT2D eigenvalue weighted by Gasteiger charge is 2.20. The standard InChI is InChI=1S/C32H50ClO3P/c1-3-5-7-9-11-13-15-21-29-23-17-19-25-31(29)35-37(34-28-27-33)36-32-26-20-18-24-30(32)22-16-14-12-10-8-6-4-2/h17-20,23-26H,3-16,21-22,27-28H2,1-2H3. The van der Waals surface area contributed by atoms with Crippen molar-refractivity contribution in [3.05, 3.63) is 59.7 Å². The average molecular weight is 549 g/mol. The highest BCUT2D eigenvalue weighted by atomic mass is 35.5. The van der Waals surface area contributed by atoms with Gasteiger partial charge in [-0.25, -0.2) is 0 Å². The zero-order chi connectivity index (χ0) is 26.4. The second kappa shape index (κ2) is 21.6. The maximum absolute atomic E-state index is 6.36. The van der Waals surface area contributed by atoms with E-state index in [-0.39, 0.29) is 0 Å². The first kappa shape index (κ1) is 31.9. The summed E-state index contributed by atoms with van der Waals surface area (Å²) < 4.78 is 18.7. The van der Waals surface area contributed by atoms with Gasteiger partial charge in [-0.05, 0) is 48.9 Å². The zero-order valence-electron chi connectivity index (χ0n) is 23.4. The van der Waals surface area contributed by atoms with Gasteiger partial charge in [0.2, 0.25) is 0 Å². The average Bonchev–Trinajstić information content (AvgIpc) is 2.92. The Hall–Kier alpha value is -1.28. The molecule has 208 valence electrons. The van der Waals surface area contributed by atoms with Gasteiger partial charge in [-0.2, -0.15) is 0 Å². The summed E-state index contributed by atoms with van der Waals surface area (Å²) in [5, 5.41) is 0. The maximum atomic E-state index is 6.36. The lowest BCUT2D eigenvalue weighted by atomic mass is 10.0. The van der Waals surface area contributed by atoms with Crippen molar-refractivity contribution in [2.75, 3.05) is 12.5 Å². The van der Waals surface area contributed by atoms with E-state index in [0.717, 1.165) is 24.3 Å². The van der Waals surface area contributed by atoms with Crippen molar-refractivity contribution in [3.63, 3.8) is 0 Å². The summed E-state index contributed by atoms with van der Waals surface area (Å²) in [7, 11) is -1.59. The topological polar surface area (TPSA) is 27.7 Å². The molecular formula is C32H50ClO3P. The number of hydrogen-bond donors (Lipinski definition) is 0. The molecule has 0 atom stereocenters. The first-order valence-corrected chi connectivity index (χ1v) is 16.4. The van der Waals surface area contributed by atoms with Crippen molar-refractivity contribution in [3.8, 4) is 11.5 Å². The van der Waals surface area contributed by atoms with Crippen molar-refractivity contribution < 1.29 is 13.6 Å². The Bertz CT molecular complexity index is 753. The fourth-order valence-corrected chi connectivity index (χ4v) is 5.73. The molecule has 0 aromatic heterocycles. The van der Waals surface area contributed by atoms with Gasteiger partial charge in [-0.3, -0.25) is 4.52 Å². The van der Waals surface area contributed by atoms with E-state index >= 15 is 0 Å². The first-order valence-electron chi connectivity index (χ1n) is 14.8. The number of rotatable bonds is 23. The Morgan fingerprint density at radius 3 is 1.41 bits per heavy atom. The number of para-hydroxylation sites is 2. The van der Waals surface area contributed by atoms with Gasteiger partial charge < -0.3 is 9.05 Å². The van der Waals surface area contributed by atoms with E-state index in [1.165, 1.54) is 101 Å². The van der Waals surface area contributed by atoms with Gasteiger partial charge >= 0.3 is 8.60 Å². The van der Waals surface area contributed by atoms with Crippen LogP contribution in [0.3, 0.4) is 0 Å². The van der Waals surface area contributed by atoms with Crippen molar-refractivity contribution in [2.24, 2.45) is 0 Å². The number of alkyl halides is 1. The fourth-order valence-electron chi connectivity index (χ4n) is 4.48. The van der Waals surface area contributed by atoms with E-state index in [1.54, 1.807) is 0 Å². The molecule has 0 aliphatic rings. The molecule has 0 radical (unpaired) electrons. The summed E-state index contributed by atoms with van der Waals surface area (Å²) >= 11 is 5.95. The van der Waals surface area contributed by atoms with E-state index in [0.29, 0.717) is 12.5 Å². The molecule has 2 aromatic carbocycles. The van der Waals surface area contributed by atoms with E-state index in [1.807, 2.05) is 24.3 Å². The normalized spacial score (nSPS) is 11.2. The van der Waals surface area contributed by atoms with E-state index in [9.17, 15) is 0 Å². The largest absolute Gasteiger partial charge is 0.463 e. The molecule has 0 spiro atoms. The van der Waals surface area contributed by atoms with Crippen LogP contribution in [0.4, 0.5) is 0 Å². The molecule has 2 rings (SSSR count). The molecule has 0 amide bonds. The van der Waals surface area contributed by atoms with Crippen LogP contribution in [0.15, 0.2) is 48.5 Å². The molecule has 0 fully saturated rings. The predicted octanol–water partition coefficient (Wildman–Crippen LogP) is 11.2. The Morgan fingerprint density at radius 1 is 0.568 bits per heavy atom. The molecule has 37 heavy (non-hydrogen) atoms. The predicted molar refractivity (Wildman–Crippen MR) is 161 cm³/mol. The molecule has 0 saturated carbocycles. The van der Waals surface area contributed by atoms with Gasteiger partial charge in [0.25, 0.3) is 0 Å². The Morgan fingerprint density at radius 2 is 0.973 bits per heavy atom. The lowest BCUT2D eigenvalue weighted by molar-refractivity contribution is 0.280. The second-order valence-corrected chi connectivity index (χ2v) is 11.3. The molecular weight excluding hydrogens is 499 g/mol. The summed E-state index contributed by atoms with van der Waals surface area (Å²) in [6.45, 7) is 4.93. The van der Waals surface area contributed by atoms with E-state index in [2.05, 4.69) is 38.1 Å². The molecule has 0 N–H and O–H groups in total. The van der Waals surface area contributed by atoms with Gasteiger partial charge in [-0.15, -0.1) is 11.6 Å². The third-order valence-electron chi connectivity index (χ3n) is 6.66. The van der Waals surface area contributed by atoms with Crippen LogP contribution in [0.25, 0.3) is 0 Å². The SMILES string of the molecule is CCCCCCCCCc1ccccc1OP(OCCCl)Oc1ccccc1CCCCCCCCC. The van der Waals surface area contributed by atoms with Crippen molar-refractivity contribution in [2.45, 2.75) is 117 Å². The highest BCUT2D eigenvalue weighted by molar-refractivity contribution is 7.42. The lowest BCUT2D eigenvalue weighted by Crippen LogP contribution is -2.05. The summed E-state index contributed by atoms with van der Waals surface area (Å²) in [6, 6.07) is 16.6. The van der Waals surface area contributed by atoms with Crippen molar-refractivity contribution in [1.29, 1.82) is 0 Å². The Balaban J connectivity index is 1.92. The van der Waals surface area contributed by atoms with Crippen LogP contribution in [-0.4, -0.2) is 12.5 Å². The smallest absolute Gasteiger partial charge is 0.417 e. The van der Waals surface area contributed by atoms with Crippen LogP contribution in [0, 0.1) is 0 Å². The summed E-state index contributed by atoms with van der Waals surface area (Å²) in [6.07, 6.45) is 20.2. The van der Waals surface area contributed by atoms with Crippen molar-refractivity contribution >= 4 is 20.2 Å². The van der Waals surface area contributed by atoms with Gasteiger partial charge in [0.15, 0.2) is 0 Å². The Kier molecular flexibility index (Phi) is 18.7. The van der Waals surface area contributed by atoms with Crippen LogP contribution < -0.4 is 9.05 Å². The number of unbranched alkanes of at least 4 members (excludes halogenated alkanes) is 12. The van der Waals surface area contributed by atoms with E-state index in [4.69, 9.17) is 25.2 Å². The number of aryl methyl sites for hydroxylation is 2.